The monoisotopic (exact) mass is 257 g/mol. The minimum Gasteiger partial charge on any atom is -0.309 e. The first-order valence-corrected chi connectivity index (χ1v) is 7.06. The summed E-state index contributed by atoms with van der Waals surface area (Å²) in [6.45, 7) is 3.12. The third-order valence-corrected chi connectivity index (χ3v) is 3.34. The second-order valence-electron chi connectivity index (χ2n) is 4.90. The van der Waals surface area contributed by atoms with Crippen molar-refractivity contribution in [3.8, 4) is 0 Å². The number of aromatic nitrogens is 2. The van der Waals surface area contributed by atoms with Gasteiger partial charge in [0.1, 0.15) is 0 Å². The van der Waals surface area contributed by atoms with Gasteiger partial charge in [0.25, 0.3) is 0 Å². The molecular formula is C16H23N3. The Hall–Kier alpha value is -1.61. The minimum absolute atomic E-state index is 0.370. The van der Waals surface area contributed by atoms with Gasteiger partial charge in [0, 0.05) is 13.2 Å². The van der Waals surface area contributed by atoms with E-state index in [4.69, 9.17) is 0 Å². The standard InChI is InChI=1S/C16H23N3/c1-3-17-15(16-12-13-19(2)18-16)11-7-10-14-8-5-4-6-9-14/h4-6,8-9,12-13,15,17H,3,7,10-11H2,1-2H3. The Morgan fingerprint density at radius 3 is 2.63 bits per heavy atom. The zero-order chi connectivity index (χ0) is 13.5. The van der Waals surface area contributed by atoms with Gasteiger partial charge >= 0.3 is 0 Å². The summed E-state index contributed by atoms with van der Waals surface area (Å²) in [5.41, 5.74) is 2.57. The minimum atomic E-state index is 0.370. The Balaban J connectivity index is 1.87. The fourth-order valence-electron chi connectivity index (χ4n) is 2.37. The molecule has 2 aromatic rings. The maximum atomic E-state index is 4.51. The molecule has 1 atom stereocenters. The van der Waals surface area contributed by atoms with Crippen LogP contribution in [0.3, 0.4) is 0 Å². The summed E-state index contributed by atoms with van der Waals surface area (Å²) in [5, 5.41) is 8.03. The van der Waals surface area contributed by atoms with Gasteiger partial charge in [-0.15, -0.1) is 0 Å². The molecule has 19 heavy (non-hydrogen) atoms. The smallest absolute Gasteiger partial charge is 0.0793 e. The van der Waals surface area contributed by atoms with Crippen molar-refractivity contribution in [2.24, 2.45) is 7.05 Å². The largest absolute Gasteiger partial charge is 0.309 e. The van der Waals surface area contributed by atoms with Crippen LogP contribution < -0.4 is 5.32 Å². The average Bonchev–Trinajstić information content (AvgIpc) is 2.86. The molecule has 0 amide bonds. The Bertz CT molecular complexity index is 476. The van der Waals surface area contributed by atoms with Crippen LogP contribution in [0.25, 0.3) is 0 Å². The van der Waals surface area contributed by atoms with Gasteiger partial charge in [0.15, 0.2) is 0 Å². The Morgan fingerprint density at radius 2 is 2.00 bits per heavy atom. The van der Waals surface area contributed by atoms with Gasteiger partial charge in [0.05, 0.1) is 11.7 Å². The lowest BCUT2D eigenvalue weighted by Gasteiger charge is -2.15. The Morgan fingerprint density at radius 1 is 1.21 bits per heavy atom. The first-order chi connectivity index (χ1) is 9.29. The summed E-state index contributed by atoms with van der Waals surface area (Å²) in [4.78, 5) is 0. The van der Waals surface area contributed by atoms with E-state index in [1.165, 1.54) is 12.0 Å². The predicted molar refractivity (Wildman–Crippen MR) is 79.0 cm³/mol. The molecule has 0 bridgehead atoms. The molecule has 1 aromatic heterocycles. The van der Waals surface area contributed by atoms with Crippen LogP contribution in [0.4, 0.5) is 0 Å². The van der Waals surface area contributed by atoms with Gasteiger partial charge in [-0.2, -0.15) is 5.10 Å². The van der Waals surface area contributed by atoms with Crippen molar-refractivity contribution < 1.29 is 0 Å². The van der Waals surface area contributed by atoms with Crippen molar-refractivity contribution in [1.82, 2.24) is 15.1 Å². The molecule has 0 radical (unpaired) electrons. The lowest BCUT2D eigenvalue weighted by atomic mass is 10.0. The third-order valence-electron chi connectivity index (χ3n) is 3.34. The van der Waals surface area contributed by atoms with E-state index in [0.717, 1.165) is 25.1 Å². The highest BCUT2D eigenvalue weighted by Crippen LogP contribution is 2.18. The average molecular weight is 257 g/mol. The highest BCUT2D eigenvalue weighted by atomic mass is 15.3. The van der Waals surface area contributed by atoms with Crippen molar-refractivity contribution in [3.05, 3.63) is 53.9 Å². The summed E-state index contributed by atoms with van der Waals surface area (Å²) in [5.74, 6) is 0. The molecule has 1 N–H and O–H groups in total. The Labute approximate surface area is 115 Å². The summed E-state index contributed by atoms with van der Waals surface area (Å²) >= 11 is 0. The molecule has 1 unspecified atom stereocenters. The number of aryl methyl sites for hydroxylation is 2. The quantitative estimate of drug-likeness (QED) is 0.826. The molecule has 0 saturated heterocycles. The molecule has 102 valence electrons. The van der Waals surface area contributed by atoms with Crippen LogP contribution in [0.15, 0.2) is 42.6 Å². The first kappa shape index (κ1) is 13.8. The number of benzene rings is 1. The van der Waals surface area contributed by atoms with Gasteiger partial charge < -0.3 is 5.32 Å². The molecule has 2 rings (SSSR count). The highest BCUT2D eigenvalue weighted by molar-refractivity contribution is 5.14. The molecule has 0 fully saturated rings. The van der Waals surface area contributed by atoms with Crippen LogP contribution in [-0.4, -0.2) is 16.3 Å². The molecule has 1 aromatic carbocycles. The SMILES string of the molecule is CCNC(CCCc1ccccc1)c1ccn(C)n1. The van der Waals surface area contributed by atoms with Gasteiger partial charge in [-0.05, 0) is 37.4 Å². The molecule has 0 aliphatic rings. The third kappa shape index (κ3) is 4.21. The predicted octanol–water partition coefficient (Wildman–Crippen LogP) is 3.09. The van der Waals surface area contributed by atoms with Crippen LogP contribution in [-0.2, 0) is 13.5 Å². The van der Waals surface area contributed by atoms with Crippen LogP contribution in [0, 0.1) is 0 Å². The number of nitrogens with one attached hydrogen (secondary N) is 1. The van der Waals surface area contributed by atoms with E-state index in [9.17, 15) is 0 Å². The number of hydrogen-bond acceptors (Lipinski definition) is 2. The van der Waals surface area contributed by atoms with Gasteiger partial charge in [-0.3, -0.25) is 4.68 Å². The van der Waals surface area contributed by atoms with Crippen molar-refractivity contribution in [1.29, 1.82) is 0 Å². The summed E-state index contributed by atoms with van der Waals surface area (Å²) in [6.07, 6.45) is 5.45. The molecule has 0 saturated carbocycles. The van der Waals surface area contributed by atoms with Gasteiger partial charge in [0.2, 0.25) is 0 Å². The van der Waals surface area contributed by atoms with Crippen LogP contribution in [0.5, 0.6) is 0 Å². The molecule has 0 spiro atoms. The lowest BCUT2D eigenvalue weighted by Crippen LogP contribution is -2.21. The summed E-state index contributed by atoms with van der Waals surface area (Å²) in [6, 6.07) is 13.2. The maximum absolute atomic E-state index is 4.51. The summed E-state index contributed by atoms with van der Waals surface area (Å²) < 4.78 is 1.87. The summed E-state index contributed by atoms with van der Waals surface area (Å²) in [7, 11) is 1.97. The zero-order valence-corrected chi connectivity index (χ0v) is 11.8. The zero-order valence-electron chi connectivity index (χ0n) is 11.8. The van der Waals surface area contributed by atoms with Crippen LogP contribution in [0.2, 0.25) is 0 Å². The van der Waals surface area contributed by atoms with Crippen molar-refractivity contribution >= 4 is 0 Å². The van der Waals surface area contributed by atoms with Crippen molar-refractivity contribution in [2.45, 2.75) is 32.2 Å². The van der Waals surface area contributed by atoms with E-state index in [0.29, 0.717) is 6.04 Å². The number of nitrogens with zero attached hydrogens (tertiary/aromatic N) is 2. The molecule has 0 aliphatic carbocycles. The van der Waals surface area contributed by atoms with Gasteiger partial charge in [-0.25, -0.2) is 0 Å². The molecule has 1 heterocycles. The Kier molecular flexibility index (Phi) is 5.16. The molecule has 3 heteroatoms. The topological polar surface area (TPSA) is 29.9 Å². The molecular weight excluding hydrogens is 234 g/mol. The maximum Gasteiger partial charge on any atom is 0.0793 e. The van der Waals surface area contributed by atoms with E-state index < -0.39 is 0 Å². The van der Waals surface area contributed by atoms with Crippen molar-refractivity contribution in [2.75, 3.05) is 6.54 Å². The second kappa shape index (κ2) is 7.10. The first-order valence-electron chi connectivity index (χ1n) is 7.06. The van der Waals surface area contributed by atoms with E-state index in [1.807, 2.05) is 17.9 Å². The normalized spacial score (nSPS) is 12.5. The van der Waals surface area contributed by atoms with Gasteiger partial charge in [-0.1, -0.05) is 37.3 Å². The molecule has 3 nitrogen and oxygen atoms in total. The fraction of sp³-hybridized carbons (Fsp3) is 0.438. The number of rotatable bonds is 7. The van der Waals surface area contributed by atoms with E-state index in [-0.39, 0.29) is 0 Å². The van der Waals surface area contributed by atoms with E-state index in [2.05, 4.69) is 53.7 Å². The van der Waals surface area contributed by atoms with E-state index in [1.54, 1.807) is 0 Å². The van der Waals surface area contributed by atoms with Crippen molar-refractivity contribution in [3.63, 3.8) is 0 Å². The fourth-order valence-corrected chi connectivity index (χ4v) is 2.37. The number of hydrogen-bond donors (Lipinski definition) is 1. The lowest BCUT2D eigenvalue weighted by molar-refractivity contribution is 0.482. The second-order valence-corrected chi connectivity index (χ2v) is 4.90. The molecule has 0 aliphatic heterocycles. The van der Waals surface area contributed by atoms with Crippen LogP contribution in [0.1, 0.15) is 37.1 Å². The van der Waals surface area contributed by atoms with E-state index >= 15 is 0 Å². The highest BCUT2D eigenvalue weighted by Gasteiger charge is 2.12. The van der Waals surface area contributed by atoms with Crippen LogP contribution >= 0.6 is 0 Å².